The summed E-state index contributed by atoms with van der Waals surface area (Å²) in [6, 6.07) is -0.372. The Bertz CT molecular complexity index is 254. The van der Waals surface area contributed by atoms with Crippen LogP contribution in [0.4, 0.5) is 4.79 Å². The van der Waals surface area contributed by atoms with Crippen molar-refractivity contribution in [1.82, 2.24) is 10.2 Å². The Balaban J connectivity index is 4.48. The molecule has 16 heavy (non-hydrogen) atoms. The van der Waals surface area contributed by atoms with Crippen molar-refractivity contribution < 1.29 is 14.7 Å². The molecule has 6 heteroatoms. The van der Waals surface area contributed by atoms with E-state index in [4.69, 9.17) is 10.8 Å². The van der Waals surface area contributed by atoms with Crippen LogP contribution in [0.15, 0.2) is 0 Å². The van der Waals surface area contributed by atoms with E-state index in [0.29, 0.717) is 26.1 Å². The maximum atomic E-state index is 11.7. The number of carbonyl (C=O) groups is 2. The van der Waals surface area contributed by atoms with E-state index < -0.39 is 11.5 Å². The smallest absolute Gasteiger partial charge is 0.329 e. The van der Waals surface area contributed by atoms with Gasteiger partial charge in [-0.1, -0.05) is 0 Å². The molecule has 0 rings (SSSR count). The van der Waals surface area contributed by atoms with Gasteiger partial charge in [0.1, 0.15) is 5.54 Å². The Labute approximate surface area is 95.8 Å². The third-order valence-corrected chi connectivity index (χ3v) is 2.42. The first kappa shape index (κ1) is 14.7. The van der Waals surface area contributed by atoms with Crippen LogP contribution in [0.25, 0.3) is 0 Å². The summed E-state index contributed by atoms with van der Waals surface area (Å²) >= 11 is 0. The molecular formula is C10H21N3O3. The number of hydrogen-bond donors (Lipinski definition) is 3. The van der Waals surface area contributed by atoms with Crippen molar-refractivity contribution in [1.29, 1.82) is 0 Å². The summed E-state index contributed by atoms with van der Waals surface area (Å²) in [6.07, 6.45) is 0.677. The zero-order valence-corrected chi connectivity index (χ0v) is 10.1. The molecule has 0 radical (unpaired) electrons. The van der Waals surface area contributed by atoms with Crippen LogP contribution in [-0.4, -0.2) is 47.2 Å². The molecule has 0 saturated carbocycles. The fourth-order valence-electron chi connectivity index (χ4n) is 1.30. The molecule has 2 amide bonds. The van der Waals surface area contributed by atoms with E-state index in [2.05, 4.69) is 5.32 Å². The summed E-state index contributed by atoms with van der Waals surface area (Å²) in [4.78, 5) is 24.0. The Morgan fingerprint density at radius 2 is 2.00 bits per heavy atom. The van der Waals surface area contributed by atoms with Gasteiger partial charge in [0.15, 0.2) is 0 Å². The van der Waals surface area contributed by atoms with Gasteiger partial charge in [-0.2, -0.15) is 0 Å². The van der Waals surface area contributed by atoms with Gasteiger partial charge in [0.05, 0.1) is 0 Å². The van der Waals surface area contributed by atoms with Gasteiger partial charge in [-0.05, 0) is 33.7 Å². The molecule has 0 aliphatic heterocycles. The summed E-state index contributed by atoms with van der Waals surface area (Å²) in [5, 5.41) is 11.7. The molecule has 0 aromatic carbocycles. The van der Waals surface area contributed by atoms with Crippen molar-refractivity contribution in [3.8, 4) is 0 Å². The number of aliphatic carboxylic acids is 1. The minimum atomic E-state index is -1.21. The first-order chi connectivity index (χ1) is 7.37. The largest absolute Gasteiger partial charge is 0.480 e. The van der Waals surface area contributed by atoms with Gasteiger partial charge in [-0.15, -0.1) is 0 Å². The quantitative estimate of drug-likeness (QED) is 0.570. The molecule has 0 aliphatic carbocycles. The van der Waals surface area contributed by atoms with E-state index in [9.17, 15) is 9.59 Å². The number of rotatable bonds is 6. The van der Waals surface area contributed by atoms with E-state index >= 15 is 0 Å². The van der Waals surface area contributed by atoms with Crippen LogP contribution >= 0.6 is 0 Å². The highest BCUT2D eigenvalue weighted by molar-refractivity contribution is 5.85. The fraction of sp³-hybridized carbons (Fsp3) is 0.800. The standard InChI is InChI=1S/C10H21N3O3/c1-4-13(10(2,3)8(14)15)9(16)12-7-5-6-11/h4-7,11H2,1-3H3,(H,12,16)(H,14,15). The van der Waals surface area contributed by atoms with E-state index in [1.807, 2.05) is 0 Å². The van der Waals surface area contributed by atoms with Crippen LogP contribution in [0.2, 0.25) is 0 Å². The lowest BCUT2D eigenvalue weighted by Crippen LogP contribution is -2.56. The first-order valence-corrected chi connectivity index (χ1v) is 5.36. The summed E-state index contributed by atoms with van der Waals surface area (Å²) in [7, 11) is 0. The molecule has 6 nitrogen and oxygen atoms in total. The highest BCUT2D eigenvalue weighted by atomic mass is 16.4. The van der Waals surface area contributed by atoms with E-state index in [1.54, 1.807) is 6.92 Å². The molecule has 4 N–H and O–H groups in total. The van der Waals surface area contributed by atoms with Crippen molar-refractivity contribution in [2.45, 2.75) is 32.7 Å². The number of likely N-dealkylation sites (N-methyl/N-ethyl adjacent to an activating group) is 1. The number of nitrogens with one attached hydrogen (secondary N) is 1. The molecule has 0 aromatic heterocycles. The maximum absolute atomic E-state index is 11.7. The van der Waals surface area contributed by atoms with Crippen molar-refractivity contribution in [3.63, 3.8) is 0 Å². The van der Waals surface area contributed by atoms with E-state index in [0.717, 1.165) is 0 Å². The second kappa shape index (κ2) is 6.32. The molecule has 0 aromatic rings. The number of urea groups is 1. The van der Waals surface area contributed by atoms with Crippen LogP contribution < -0.4 is 11.1 Å². The topological polar surface area (TPSA) is 95.7 Å². The van der Waals surface area contributed by atoms with Crippen LogP contribution in [0.5, 0.6) is 0 Å². The van der Waals surface area contributed by atoms with Crippen LogP contribution in [-0.2, 0) is 4.79 Å². The monoisotopic (exact) mass is 231 g/mol. The minimum Gasteiger partial charge on any atom is -0.480 e. The van der Waals surface area contributed by atoms with Crippen molar-refractivity contribution in [3.05, 3.63) is 0 Å². The van der Waals surface area contributed by atoms with Crippen LogP contribution in [0, 0.1) is 0 Å². The predicted molar refractivity (Wildman–Crippen MR) is 61.2 cm³/mol. The van der Waals surface area contributed by atoms with Gasteiger partial charge in [0, 0.05) is 13.1 Å². The normalized spacial score (nSPS) is 11.0. The number of carboxylic acid groups (broad SMARTS) is 1. The third kappa shape index (κ3) is 3.69. The molecule has 0 spiro atoms. The van der Waals surface area contributed by atoms with E-state index in [-0.39, 0.29) is 6.03 Å². The number of nitrogens with zero attached hydrogens (tertiary/aromatic N) is 1. The fourth-order valence-corrected chi connectivity index (χ4v) is 1.30. The van der Waals surface area contributed by atoms with Crippen molar-refractivity contribution >= 4 is 12.0 Å². The molecule has 0 unspecified atom stereocenters. The molecule has 0 fully saturated rings. The molecule has 0 atom stereocenters. The summed E-state index contributed by atoms with van der Waals surface area (Å²) in [5.41, 5.74) is 4.09. The van der Waals surface area contributed by atoms with Crippen molar-refractivity contribution in [2.75, 3.05) is 19.6 Å². The number of nitrogens with two attached hydrogens (primary N) is 1. The zero-order chi connectivity index (χ0) is 12.8. The summed E-state index contributed by atoms with van der Waals surface area (Å²) < 4.78 is 0. The molecule has 0 bridgehead atoms. The number of hydrogen-bond acceptors (Lipinski definition) is 3. The van der Waals surface area contributed by atoms with Gasteiger partial charge in [-0.25, -0.2) is 9.59 Å². The Morgan fingerprint density at radius 3 is 2.38 bits per heavy atom. The molecule has 0 saturated heterocycles. The minimum absolute atomic E-state index is 0.341. The van der Waals surface area contributed by atoms with Gasteiger partial charge >= 0.3 is 12.0 Å². The number of amides is 2. The lowest BCUT2D eigenvalue weighted by molar-refractivity contribution is -0.147. The van der Waals surface area contributed by atoms with Crippen LogP contribution in [0.1, 0.15) is 27.2 Å². The average Bonchev–Trinajstić information content (AvgIpc) is 2.18. The maximum Gasteiger partial charge on any atom is 0.329 e. The van der Waals surface area contributed by atoms with Crippen molar-refractivity contribution in [2.24, 2.45) is 5.73 Å². The second-order valence-corrected chi connectivity index (χ2v) is 3.98. The molecular weight excluding hydrogens is 210 g/mol. The molecule has 0 heterocycles. The lowest BCUT2D eigenvalue weighted by Gasteiger charge is -2.34. The van der Waals surface area contributed by atoms with E-state index in [1.165, 1.54) is 18.7 Å². The highest BCUT2D eigenvalue weighted by Gasteiger charge is 2.36. The lowest BCUT2D eigenvalue weighted by atomic mass is 10.0. The average molecular weight is 231 g/mol. The highest BCUT2D eigenvalue weighted by Crippen LogP contribution is 2.14. The van der Waals surface area contributed by atoms with Gasteiger partial charge in [0.2, 0.25) is 0 Å². The first-order valence-electron chi connectivity index (χ1n) is 5.36. The van der Waals surface area contributed by atoms with Gasteiger partial charge in [-0.3, -0.25) is 0 Å². The Hall–Kier alpha value is -1.30. The third-order valence-electron chi connectivity index (χ3n) is 2.42. The van der Waals surface area contributed by atoms with Crippen LogP contribution in [0.3, 0.4) is 0 Å². The van der Waals surface area contributed by atoms with Gasteiger partial charge < -0.3 is 21.1 Å². The SMILES string of the molecule is CCN(C(=O)NCCCN)C(C)(C)C(=O)O. The number of carbonyl (C=O) groups excluding carboxylic acids is 1. The summed E-state index contributed by atoms with van der Waals surface area (Å²) in [6.45, 7) is 6.04. The summed E-state index contributed by atoms with van der Waals surface area (Å²) in [5.74, 6) is -1.02. The second-order valence-electron chi connectivity index (χ2n) is 3.98. The number of carboxylic acids is 1. The van der Waals surface area contributed by atoms with Gasteiger partial charge in [0.25, 0.3) is 0 Å². The predicted octanol–water partition coefficient (Wildman–Crippen LogP) is 0.230. The molecule has 94 valence electrons. The Morgan fingerprint density at radius 1 is 1.44 bits per heavy atom. The molecule has 0 aliphatic rings. The Kier molecular flexibility index (Phi) is 5.81. The zero-order valence-electron chi connectivity index (χ0n) is 10.1.